The number of hydrogen-bond acceptors (Lipinski definition) is 3. The summed E-state index contributed by atoms with van der Waals surface area (Å²) in [5, 5.41) is 4.00. The van der Waals surface area contributed by atoms with E-state index >= 15 is 0 Å². The Hall–Kier alpha value is -2.50. The van der Waals surface area contributed by atoms with Gasteiger partial charge in [0.2, 0.25) is 0 Å². The number of pyridine rings is 1. The third-order valence-electron chi connectivity index (χ3n) is 2.04. The Balaban J connectivity index is 2.07. The summed E-state index contributed by atoms with van der Waals surface area (Å²) in [6.45, 7) is 1.80. The number of H-pyrrole nitrogens is 3. The first-order valence-electron chi connectivity index (χ1n) is 5.12. The van der Waals surface area contributed by atoms with Crippen LogP contribution in [0.25, 0.3) is 0 Å². The van der Waals surface area contributed by atoms with E-state index in [0.29, 0.717) is 5.95 Å². The summed E-state index contributed by atoms with van der Waals surface area (Å²) < 4.78 is 0. The van der Waals surface area contributed by atoms with Crippen molar-refractivity contribution >= 4 is 12.2 Å². The van der Waals surface area contributed by atoms with Gasteiger partial charge in [0, 0.05) is 6.07 Å². The van der Waals surface area contributed by atoms with Crippen LogP contribution < -0.4 is 21.0 Å². The molecule has 0 aliphatic rings. The summed E-state index contributed by atoms with van der Waals surface area (Å²) in [5.74, 6) is 0.450. The van der Waals surface area contributed by atoms with E-state index in [4.69, 9.17) is 0 Å². The highest BCUT2D eigenvalue weighted by Crippen LogP contribution is 1.90. The summed E-state index contributed by atoms with van der Waals surface area (Å²) in [5.41, 5.74) is 4.23. The molecule has 0 amide bonds. The first-order chi connectivity index (χ1) is 8.24. The van der Waals surface area contributed by atoms with Crippen molar-refractivity contribution in [2.24, 2.45) is 5.10 Å². The molecule has 6 nitrogen and oxygen atoms in total. The fourth-order valence-electron chi connectivity index (χ4n) is 1.34. The minimum absolute atomic E-state index is 0.174. The maximum atomic E-state index is 11.2. The molecule has 6 heteroatoms. The molecule has 0 aliphatic heterocycles. The molecule has 2 rings (SSSR count). The summed E-state index contributed by atoms with van der Waals surface area (Å²) in [7, 11) is 0. The van der Waals surface area contributed by atoms with Crippen LogP contribution in [0.4, 0.5) is 5.95 Å². The Morgan fingerprint density at radius 3 is 3.12 bits per heavy atom. The molecule has 0 saturated carbocycles. The number of anilines is 1. The van der Waals surface area contributed by atoms with Gasteiger partial charge in [0.05, 0.1) is 23.5 Å². The third kappa shape index (κ3) is 3.23. The smallest absolute Gasteiger partial charge is 0.251 e. The number of aromatic amines is 3. The van der Waals surface area contributed by atoms with E-state index < -0.39 is 0 Å². The van der Waals surface area contributed by atoms with Gasteiger partial charge < -0.3 is 0 Å². The van der Waals surface area contributed by atoms with Gasteiger partial charge in [0.25, 0.3) is 0 Å². The zero-order chi connectivity index (χ0) is 12.1. The van der Waals surface area contributed by atoms with Crippen molar-refractivity contribution in [2.45, 2.75) is 6.92 Å². The number of aromatic nitrogens is 3. The Morgan fingerprint density at radius 1 is 1.53 bits per heavy atom. The van der Waals surface area contributed by atoms with Gasteiger partial charge in [-0.1, -0.05) is 0 Å². The number of rotatable bonds is 3. The predicted molar refractivity (Wildman–Crippen MR) is 62.6 cm³/mol. The van der Waals surface area contributed by atoms with Gasteiger partial charge in [-0.2, -0.15) is 5.43 Å². The molecule has 0 atom stereocenters. The molecule has 2 heterocycles. The normalized spacial score (nSPS) is 10.6. The van der Waals surface area contributed by atoms with E-state index in [1.54, 1.807) is 13.1 Å². The van der Waals surface area contributed by atoms with Crippen LogP contribution in [0.2, 0.25) is 0 Å². The van der Waals surface area contributed by atoms with Gasteiger partial charge in [-0.3, -0.25) is 4.79 Å². The van der Waals surface area contributed by atoms with Crippen molar-refractivity contribution in [2.75, 3.05) is 5.43 Å². The minimum atomic E-state index is -0.174. The lowest BCUT2D eigenvalue weighted by Crippen LogP contribution is -2.22. The standard InChI is InChI=1S/C11H11N5O/c1-8-5-10(17)15-11(14-8)16-13-7-9-3-2-4-12-6-9/h2-7H,1H3,(H2,14,15,16,17)/p+2. The number of nitrogens with zero attached hydrogens (tertiary/aromatic N) is 1. The van der Waals surface area contributed by atoms with Gasteiger partial charge in [-0.25, -0.2) is 15.0 Å². The van der Waals surface area contributed by atoms with Crippen LogP contribution in [0.3, 0.4) is 0 Å². The quantitative estimate of drug-likeness (QED) is 0.564. The molecule has 0 aliphatic carbocycles. The molecule has 0 saturated heterocycles. The van der Waals surface area contributed by atoms with Crippen LogP contribution >= 0.6 is 0 Å². The molecule has 0 radical (unpaired) electrons. The number of hydrazone groups is 1. The van der Waals surface area contributed by atoms with Crippen LogP contribution in [-0.4, -0.2) is 11.2 Å². The van der Waals surface area contributed by atoms with Crippen molar-refractivity contribution in [3.05, 3.63) is 52.2 Å². The van der Waals surface area contributed by atoms with Gasteiger partial charge in [0.1, 0.15) is 0 Å². The highest BCUT2D eigenvalue weighted by molar-refractivity contribution is 5.78. The zero-order valence-electron chi connectivity index (χ0n) is 9.32. The van der Waals surface area contributed by atoms with Gasteiger partial charge in [0.15, 0.2) is 12.4 Å². The summed E-state index contributed by atoms with van der Waals surface area (Å²) in [6, 6.07) is 5.26. The summed E-state index contributed by atoms with van der Waals surface area (Å²) in [4.78, 5) is 19.7. The lowest BCUT2D eigenvalue weighted by molar-refractivity contribution is -0.378. The van der Waals surface area contributed by atoms with E-state index in [1.807, 2.05) is 24.5 Å². The van der Waals surface area contributed by atoms with Crippen molar-refractivity contribution in [3.8, 4) is 0 Å². The van der Waals surface area contributed by atoms with Crippen LogP contribution in [0.5, 0.6) is 0 Å². The van der Waals surface area contributed by atoms with Crippen LogP contribution in [0.15, 0.2) is 40.5 Å². The number of aryl methyl sites for hydroxylation is 1. The maximum absolute atomic E-state index is 11.2. The zero-order valence-corrected chi connectivity index (χ0v) is 9.32. The van der Waals surface area contributed by atoms with E-state index in [2.05, 4.69) is 25.5 Å². The highest BCUT2D eigenvalue weighted by Gasteiger charge is 2.01. The molecule has 0 spiro atoms. The number of hydrogen-bond donors (Lipinski definition) is 2. The lowest BCUT2D eigenvalue weighted by Gasteiger charge is -1.92. The third-order valence-corrected chi connectivity index (χ3v) is 2.04. The fourth-order valence-corrected chi connectivity index (χ4v) is 1.34. The second-order valence-corrected chi connectivity index (χ2v) is 3.52. The Bertz CT molecular complexity index is 576. The largest absolute Gasteiger partial charge is 0.379 e. The molecule has 86 valence electrons. The molecule has 17 heavy (non-hydrogen) atoms. The first-order valence-corrected chi connectivity index (χ1v) is 5.12. The van der Waals surface area contributed by atoms with Crippen LogP contribution in [0, 0.1) is 6.92 Å². The highest BCUT2D eigenvalue weighted by atomic mass is 16.1. The Labute approximate surface area is 97.5 Å². The van der Waals surface area contributed by atoms with Crippen LogP contribution in [-0.2, 0) is 0 Å². The van der Waals surface area contributed by atoms with Gasteiger partial charge >= 0.3 is 11.5 Å². The van der Waals surface area contributed by atoms with Gasteiger partial charge in [-0.05, 0) is 13.0 Å². The lowest BCUT2D eigenvalue weighted by atomic mass is 10.3. The van der Waals surface area contributed by atoms with E-state index in [9.17, 15) is 4.79 Å². The molecule has 0 aromatic carbocycles. The summed E-state index contributed by atoms with van der Waals surface area (Å²) >= 11 is 0. The maximum Gasteiger partial charge on any atom is 0.379 e. The Kier molecular flexibility index (Phi) is 3.25. The minimum Gasteiger partial charge on any atom is -0.251 e. The second kappa shape index (κ2) is 5.02. The predicted octanol–water partition coefficient (Wildman–Crippen LogP) is -0.242. The van der Waals surface area contributed by atoms with Gasteiger partial charge in [-0.15, -0.1) is 5.10 Å². The second-order valence-electron chi connectivity index (χ2n) is 3.52. The number of nitrogens with one attached hydrogen (secondary N) is 4. The SMILES string of the molecule is Cc1cc(=O)[nH]c(NN=Cc2ccc[nH+]c2)[nH+]1. The monoisotopic (exact) mass is 231 g/mol. The summed E-state index contributed by atoms with van der Waals surface area (Å²) in [6.07, 6.45) is 5.27. The molecule has 2 aromatic heterocycles. The fraction of sp³-hybridized carbons (Fsp3) is 0.0909. The molecular weight excluding hydrogens is 218 g/mol. The van der Waals surface area contributed by atoms with Crippen molar-refractivity contribution in [1.29, 1.82) is 0 Å². The molecule has 4 N–H and O–H groups in total. The average Bonchev–Trinajstić information content (AvgIpc) is 2.29. The van der Waals surface area contributed by atoms with Crippen molar-refractivity contribution < 1.29 is 9.97 Å². The molecule has 2 aromatic rings. The van der Waals surface area contributed by atoms with Crippen molar-refractivity contribution in [3.63, 3.8) is 0 Å². The average molecular weight is 231 g/mol. The molecule has 0 fully saturated rings. The van der Waals surface area contributed by atoms with E-state index in [1.165, 1.54) is 6.07 Å². The molecular formula is C11H13N5O+2. The van der Waals surface area contributed by atoms with E-state index in [0.717, 1.165) is 11.3 Å². The van der Waals surface area contributed by atoms with E-state index in [-0.39, 0.29) is 5.56 Å². The Morgan fingerprint density at radius 2 is 2.41 bits per heavy atom. The van der Waals surface area contributed by atoms with Crippen LogP contribution in [0.1, 0.15) is 11.3 Å². The molecule has 0 bridgehead atoms. The molecule has 0 unspecified atom stereocenters. The van der Waals surface area contributed by atoms with Crippen molar-refractivity contribution in [1.82, 2.24) is 4.98 Å². The topological polar surface area (TPSA) is 85.5 Å². The first kappa shape index (κ1) is 11.0.